The molecule has 2 saturated heterocycles. The van der Waals surface area contributed by atoms with Gasteiger partial charge in [0.05, 0.1) is 12.7 Å². The average molecular weight is 572 g/mol. The number of rotatable bonds is 9. The summed E-state index contributed by atoms with van der Waals surface area (Å²) in [4.78, 5) is 9.59. The third kappa shape index (κ3) is 10.5. The van der Waals surface area contributed by atoms with Crippen LogP contribution in [0.4, 0.5) is 0 Å². The Morgan fingerprint density at radius 3 is 2.27 bits per heavy atom. The van der Waals surface area contributed by atoms with Crippen molar-refractivity contribution in [3.05, 3.63) is 35.4 Å². The van der Waals surface area contributed by atoms with Crippen LogP contribution in [0, 0.1) is 12.8 Å². The number of aryl methyl sites for hydroxylation is 1. The van der Waals surface area contributed by atoms with Gasteiger partial charge in [-0.25, -0.2) is 0 Å². The van der Waals surface area contributed by atoms with Crippen molar-refractivity contribution in [2.24, 2.45) is 10.9 Å². The van der Waals surface area contributed by atoms with Gasteiger partial charge in [-0.05, 0) is 71.0 Å². The Hall–Kier alpha value is -0.900. The van der Waals surface area contributed by atoms with Crippen molar-refractivity contribution in [3.63, 3.8) is 0 Å². The number of piperidine rings is 2. The molecule has 0 saturated carbocycles. The van der Waals surface area contributed by atoms with E-state index >= 15 is 0 Å². The van der Waals surface area contributed by atoms with Gasteiger partial charge in [0.1, 0.15) is 0 Å². The van der Waals surface area contributed by atoms with Crippen molar-refractivity contribution in [3.8, 4) is 0 Å². The number of aliphatic imine (C=N–C) groups is 1. The quantitative estimate of drug-likeness (QED) is 0.268. The fourth-order valence-electron chi connectivity index (χ4n) is 4.65. The predicted octanol–water partition coefficient (Wildman–Crippen LogP) is 3.88. The summed E-state index contributed by atoms with van der Waals surface area (Å²) in [6.07, 6.45) is 5.17. The number of likely N-dealkylation sites (tertiary alicyclic amines) is 2. The van der Waals surface area contributed by atoms with Crippen molar-refractivity contribution < 1.29 is 4.74 Å². The zero-order chi connectivity index (χ0) is 22.8. The molecule has 1 aromatic rings. The minimum Gasteiger partial charge on any atom is -0.377 e. The molecule has 0 aromatic heterocycles. The van der Waals surface area contributed by atoms with Gasteiger partial charge in [-0.1, -0.05) is 29.8 Å². The second-order valence-corrected chi connectivity index (χ2v) is 9.84. The van der Waals surface area contributed by atoms with Gasteiger partial charge in [-0.3, -0.25) is 9.89 Å². The van der Waals surface area contributed by atoms with Crippen molar-refractivity contribution in [2.75, 3.05) is 52.9 Å². The smallest absolute Gasteiger partial charge is 0.191 e. The molecule has 0 aliphatic carbocycles. The third-order valence-corrected chi connectivity index (χ3v) is 6.80. The van der Waals surface area contributed by atoms with Crippen LogP contribution >= 0.6 is 24.0 Å². The minimum absolute atomic E-state index is 0. The van der Waals surface area contributed by atoms with Gasteiger partial charge >= 0.3 is 0 Å². The molecule has 2 heterocycles. The minimum atomic E-state index is 0. The number of hydrogen-bond donors (Lipinski definition) is 2. The highest BCUT2D eigenvalue weighted by Gasteiger charge is 2.22. The highest BCUT2D eigenvalue weighted by molar-refractivity contribution is 14.0. The van der Waals surface area contributed by atoms with Crippen molar-refractivity contribution in [1.29, 1.82) is 0 Å². The van der Waals surface area contributed by atoms with Crippen LogP contribution in [0.2, 0.25) is 0 Å². The Labute approximate surface area is 218 Å². The molecule has 0 atom stereocenters. The van der Waals surface area contributed by atoms with Crippen LogP contribution in [0.15, 0.2) is 29.3 Å². The number of hydrogen-bond acceptors (Lipinski definition) is 4. The summed E-state index contributed by atoms with van der Waals surface area (Å²) in [5.74, 6) is 1.69. The summed E-state index contributed by atoms with van der Waals surface area (Å²) in [6.45, 7) is 15.0. The highest BCUT2D eigenvalue weighted by atomic mass is 127. The molecule has 0 bridgehead atoms. The molecule has 2 aliphatic heterocycles. The van der Waals surface area contributed by atoms with E-state index in [-0.39, 0.29) is 24.0 Å². The summed E-state index contributed by atoms with van der Waals surface area (Å²) >= 11 is 0. The zero-order valence-electron chi connectivity index (χ0n) is 21.2. The largest absolute Gasteiger partial charge is 0.377 e. The van der Waals surface area contributed by atoms with Gasteiger partial charge in [-0.2, -0.15) is 0 Å². The first-order valence-corrected chi connectivity index (χ1v) is 12.6. The topological polar surface area (TPSA) is 52.1 Å². The molecule has 33 heavy (non-hydrogen) atoms. The molecule has 6 nitrogen and oxygen atoms in total. The van der Waals surface area contributed by atoms with Crippen LogP contribution in [0.5, 0.6) is 0 Å². The molecule has 0 amide bonds. The van der Waals surface area contributed by atoms with E-state index in [0.29, 0.717) is 12.1 Å². The molecular formula is C26H46IN5O. The average Bonchev–Trinajstić information content (AvgIpc) is 2.80. The number of nitrogens with one attached hydrogen (secondary N) is 2. The van der Waals surface area contributed by atoms with E-state index in [4.69, 9.17) is 4.74 Å². The van der Waals surface area contributed by atoms with E-state index in [1.807, 2.05) is 7.05 Å². The lowest BCUT2D eigenvalue weighted by Crippen LogP contribution is -2.50. The number of halogens is 1. The van der Waals surface area contributed by atoms with Gasteiger partial charge in [0.25, 0.3) is 0 Å². The third-order valence-electron chi connectivity index (χ3n) is 6.80. The summed E-state index contributed by atoms with van der Waals surface area (Å²) in [5, 5.41) is 7.26. The Bertz CT molecular complexity index is 680. The lowest BCUT2D eigenvalue weighted by molar-refractivity contribution is 0.0532. The number of benzene rings is 1. The molecule has 1 aromatic carbocycles. The maximum absolute atomic E-state index is 5.69. The molecule has 2 N–H and O–H groups in total. The van der Waals surface area contributed by atoms with E-state index in [0.717, 1.165) is 51.2 Å². The molecular weight excluding hydrogens is 525 g/mol. The van der Waals surface area contributed by atoms with Crippen LogP contribution in [0.25, 0.3) is 0 Å². The van der Waals surface area contributed by atoms with E-state index in [1.54, 1.807) is 0 Å². The van der Waals surface area contributed by atoms with Crippen LogP contribution in [-0.2, 0) is 11.3 Å². The maximum Gasteiger partial charge on any atom is 0.191 e. The lowest BCUT2D eigenvalue weighted by atomic mass is 9.96. The fourth-order valence-corrected chi connectivity index (χ4v) is 4.65. The molecule has 7 heteroatoms. The Balaban J connectivity index is 0.00000385. The summed E-state index contributed by atoms with van der Waals surface area (Å²) < 4.78 is 5.69. The first-order chi connectivity index (χ1) is 15.5. The van der Waals surface area contributed by atoms with Crippen molar-refractivity contribution in [1.82, 2.24) is 20.4 Å². The molecule has 188 valence electrons. The van der Waals surface area contributed by atoms with Crippen molar-refractivity contribution in [2.45, 2.75) is 65.1 Å². The van der Waals surface area contributed by atoms with Crippen molar-refractivity contribution >= 4 is 29.9 Å². The molecule has 0 radical (unpaired) electrons. The lowest BCUT2D eigenvalue weighted by Gasteiger charge is -2.34. The zero-order valence-corrected chi connectivity index (χ0v) is 23.5. The van der Waals surface area contributed by atoms with Gasteiger partial charge in [0.15, 0.2) is 5.96 Å². The molecule has 0 spiro atoms. The second-order valence-electron chi connectivity index (χ2n) is 9.84. The van der Waals surface area contributed by atoms with E-state index < -0.39 is 0 Å². The van der Waals surface area contributed by atoms with Crippen LogP contribution in [0.3, 0.4) is 0 Å². The molecule has 3 rings (SSSR count). The second kappa shape index (κ2) is 15.2. The number of ether oxygens (including phenoxy) is 1. The van der Waals surface area contributed by atoms with E-state index in [9.17, 15) is 0 Å². The molecule has 0 unspecified atom stereocenters. The van der Waals surface area contributed by atoms with Crippen LogP contribution in [0.1, 0.15) is 50.7 Å². The standard InChI is InChI=1S/C26H45N5O.HI/c1-21(2)32-18-17-30-15-11-25(12-16-30)29-26(27-4)28-19-23-9-13-31(14-10-23)20-24-7-5-22(3)6-8-24;/h5-8,21,23,25H,9-20H2,1-4H3,(H2,27,28,29);1H. The fraction of sp³-hybridized carbons (Fsp3) is 0.731. The van der Waals surface area contributed by atoms with Gasteiger partial charge in [-0.15, -0.1) is 24.0 Å². The first kappa shape index (κ1) is 28.3. The number of nitrogens with zero attached hydrogens (tertiary/aromatic N) is 3. The monoisotopic (exact) mass is 571 g/mol. The van der Waals surface area contributed by atoms with Crippen LogP contribution < -0.4 is 10.6 Å². The first-order valence-electron chi connectivity index (χ1n) is 12.6. The summed E-state index contributed by atoms with van der Waals surface area (Å²) in [6, 6.07) is 9.48. The SMILES string of the molecule is CN=C(NCC1CCN(Cc2ccc(C)cc2)CC1)NC1CCN(CCOC(C)C)CC1.I. The molecule has 2 fully saturated rings. The van der Waals surface area contributed by atoms with Gasteiger partial charge in [0.2, 0.25) is 0 Å². The predicted molar refractivity (Wildman–Crippen MR) is 150 cm³/mol. The van der Waals surface area contributed by atoms with E-state index in [1.165, 1.54) is 49.9 Å². The summed E-state index contributed by atoms with van der Waals surface area (Å²) in [7, 11) is 1.89. The Kier molecular flexibility index (Phi) is 13.0. The number of guanidine groups is 1. The Morgan fingerprint density at radius 1 is 1.03 bits per heavy atom. The Morgan fingerprint density at radius 2 is 1.67 bits per heavy atom. The van der Waals surface area contributed by atoms with Crippen LogP contribution in [-0.4, -0.2) is 80.8 Å². The summed E-state index contributed by atoms with van der Waals surface area (Å²) in [5.41, 5.74) is 2.76. The van der Waals surface area contributed by atoms with Gasteiger partial charge < -0.3 is 20.3 Å². The maximum atomic E-state index is 5.69. The normalized spacial score (nSPS) is 19.5. The van der Waals surface area contributed by atoms with E-state index in [2.05, 4.69) is 70.5 Å². The highest BCUT2D eigenvalue weighted by Crippen LogP contribution is 2.19. The molecule has 2 aliphatic rings. The van der Waals surface area contributed by atoms with Gasteiger partial charge in [0, 0.05) is 45.8 Å².